The lowest BCUT2D eigenvalue weighted by atomic mass is 10.2. The summed E-state index contributed by atoms with van der Waals surface area (Å²) in [7, 11) is 0. The van der Waals surface area contributed by atoms with Crippen LogP contribution in [0.5, 0.6) is 0 Å². The molecule has 0 aliphatic heterocycles. The van der Waals surface area contributed by atoms with Gasteiger partial charge in [0.1, 0.15) is 5.56 Å². The standard InChI is InChI=1S/C7H3F6N/c8-5(9)3-1-4(7(11,12)13)6(10)14-2-3/h1-2,5H. The third-order valence-electron chi connectivity index (χ3n) is 1.42. The third kappa shape index (κ3) is 2.15. The Labute approximate surface area is 74.4 Å². The van der Waals surface area contributed by atoms with E-state index in [9.17, 15) is 26.3 Å². The predicted octanol–water partition coefficient (Wildman–Crippen LogP) is 3.18. The van der Waals surface area contributed by atoms with Crippen molar-refractivity contribution >= 4 is 0 Å². The molecule has 1 aromatic rings. The number of nitrogens with zero attached hydrogens (tertiary/aromatic N) is 1. The van der Waals surface area contributed by atoms with Crippen LogP contribution in [-0.4, -0.2) is 4.98 Å². The van der Waals surface area contributed by atoms with Crippen LogP contribution in [0, 0.1) is 5.95 Å². The van der Waals surface area contributed by atoms with E-state index in [-0.39, 0.29) is 6.07 Å². The van der Waals surface area contributed by atoms with E-state index in [4.69, 9.17) is 0 Å². The highest BCUT2D eigenvalue weighted by Gasteiger charge is 2.35. The zero-order chi connectivity index (χ0) is 10.9. The Morgan fingerprint density at radius 2 is 1.79 bits per heavy atom. The molecule has 0 saturated carbocycles. The van der Waals surface area contributed by atoms with Gasteiger partial charge in [-0.05, 0) is 6.07 Å². The van der Waals surface area contributed by atoms with Gasteiger partial charge in [-0.1, -0.05) is 0 Å². The van der Waals surface area contributed by atoms with Crippen LogP contribution >= 0.6 is 0 Å². The topological polar surface area (TPSA) is 12.9 Å². The number of aromatic nitrogens is 1. The highest BCUT2D eigenvalue weighted by atomic mass is 19.4. The number of rotatable bonds is 1. The fourth-order valence-electron chi connectivity index (χ4n) is 0.782. The van der Waals surface area contributed by atoms with Crippen LogP contribution in [0.2, 0.25) is 0 Å². The fourth-order valence-corrected chi connectivity index (χ4v) is 0.782. The van der Waals surface area contributed by atoms with Crippen molar-refractivity contribution in [2.75, 3.05) is 0 Å². The Hall–Kier alpha value is -1.27. The first kappa shape index (κ1) is 10.8. The average Bonchev–Trinajstić information content (AvgIpc) is 2.02. The first-order valence-corrected chi connectivity index (χ1v) is 3.33. The molecule has 0 spiro atoms. The van der Waals surface area contributed by atoms with Crippen molar-refractivity contribution in [2.24, 2.45) is 0 Å². The van der Waals surface area contributed by atoms with E-state index >= 15 is 0 Å². The number of hydrogen-bond acceptors (Lipinski definition) is 1. The first-order chi connectivity index (χ1) is 6.32. The lowest BCUT2D eigenvalue weighted by molar-refractivity contribution is -0.140. The molecule has 0 saturated heterocycles. The summed E-state index contributed by atoms with van der Waals surface area (Å²) in [4.78, 5) is 2.60. The highest BCUT2D eigenvalue weighted by Crippen LogP contribution is 2.32. The Kier molecular flexibility index (Phi) is 2.68. The molecule has 0 aliphatic carbocycles. The van der Waals surface area contributed by atoms with Gasteiger partial charge in [-0.15, -0.1) is 0 Å². The van der Waals surface area contributed by atoms with Gasteiger partial charge in [0, 0.05) is 11.8 Å². The largest absolute Gasteiger partial charge is 0.420 e. The van der Waals surface area contributed by atoms with E-state index < -0.39 is 29.7 Å². The summed E-state index contributed by atoms with van der Waals surface area (Å²) in [5.41, 5.74) is -2.74. The second-order valence-corrected chi connectivity index (χ2v) is 2.41. The van der Waals surface area contributed by atoms with Gasteiger partial charge in [-0.2, -0.15) is 17.6 Å². The minimum absolute atomic E-state index is 0.0486. The van der Waals surface area contributed by atoms with Crippen molar-refractivity contribution in [3.05, 3.63) is 29.3 Å². The van der Waals surface area contributed by atoms with Gasteiger partial charge in [0.2, 0.25) is 5.95 Å². The Morgan fingerprint density at radius 3 is 2.21 bits per heavy atom. The minimum atomic E-state index is -5.01. The molecule has 1 nitrogen and oxygen atoms in total. The maximum absolute atomic E-state index is 12.5. The Morgan fingerprint density at radius 1 is 1.21 bits per heavy atom. The lowest BCUT2D eigenvalue weighted by Gasteiger charge is -2.08. The second kappa shape index (κ2) is 3.47. The van der Waals surface area contributed by atoms with Crippen molar-refractivity contribution in [3.63, 3.8) is 0 Å². The number of pyridine rings is 1. The molecule has 0 N–H and O–H groups in total. The summed E-state index contributed by atoms with van der Waals surface area (Å²) in [6, 6.07) is 0.0486. The summed E-state index contributed by atoms with van der Waals surface area (Å²) in [5.74, 6) is -1.80. The van der Waals surface area contributed by atoms with Gasteiger partial charge in [0.25, 0.3) is 6.43 Å². The molecule has 0 bridgehead atoms. The molecular formula is C7H3F6N. The van der Waals surface area contributed by atoms with Crippen molar-refractivity contribution in [1.29, 1.82) is 0 Å². The molecule has 7 heteroatoms. The quantitative estimate of drug-likeness (QED) is 0.517. The molecule has 1 aromatic heterocycles. The van der Waals surface area contributed by atoms with Crippen LogP contribution in [0.1, 0.15) is 17.6 Å². The summed E-state index contributed by atoms with van der Waals surface area (Å²) >= 11 is 0. The van der Waals surface area contributed by atoms with E-state index in [2.05, 4.69) is 4.98 Å². The van der Waals surface area contributed by atoms with Gasteiger partial charge in [0.15, 0.2) is 0 Å². The number of halogens is 6. The van der Waals surface area contributed by atoms with Crippen LogP contribution in [0.3, 0.4) is 0 Å². The predicted molar refractivity (Wildman–Crippen MR) is 34.2 cm³/mol. The van der Waals surface area contributed by atoms with Gasteiger partial charge < -0.3 is 0 Å². The highest BCUT2D eigenvalue weighted by molar-refractivity contribution is 5.22. The van der Waals surface area contributed by atoms with Crippen molar-refractivity contribution in [3.8, 4) is 0 Å². The maximum atomic E-state index is 12.5. The van der Waals surface area contributed by atoms with Crippen molar-refractivity contribution in [2.45, 2.75) is 12.6 Å². The van der Waals surface area contributed by atoms with Crippen molar-refractivity contribution in [1.82, 2.24) is 4.98 Å². The molecule has 0 amide bonds. The first-order valence-electron chi connectivity index (χ1n) is 3.33. The summed E-state index contributed by atoms with van der Waals surface area (Å²) in [6.07, 6.45) is -7.75. The zero-order valence-corrected chi connectivity index (χ0v) is 6.45. The van der Waals surface area contributed by atoms with Gasteiger partial charge in [-0.25, -0.2) is 13.8 Å². The van der Waals surface area contributed by atoms with E-state index in [0.29, 0.717) is 6.20 Å². The Balaban J connectivity index is 3.22. The van der Waals surface area contributed by atoms with E-state index in [1.165, 1.54) is 0 Å². The molecule has 78 valence electrons. The molecule has 0 aromatic carbocycles. The minimum Gasteiger partial charge on any atom is -0.227 e. The average molecular weight is 215 g/mol. The van der Waals surface area contributed by atoms with Crippen LogP contribution in [0.15, 0.2) is 12.3 Å². The van der Waals surface area contributed by atoms with E-state index in [1.807, 2.05) is 0 Å². The van der Waals surface area contributed by atoms with Gasteiger partial charge in [0.05, 0.1) is 0 Å². The van der Waals surface area contributed by atoms with Gasteiger partial charge in [-0.3, -0.25) is 0 Å². The molecule has 0 unspecified atom stereocenters. The Bertz CT molecular complexity index is 331. The SMILES string of the molecule is Fc1ncc(C(F)F)cc1C(F)(F)F. The molecular weight excluding hydrogens is 212 g/mol. The molecule has 0 aliphatic rings. The van der Waals surface area contributed by atoms with E-state index in [0.717, 1.165) is 0 Å². The zero-order valence-electron chi connectivity index (χ0n) is 6.45. The van der Waals surface area contributed by atoms with Crippen LogP contribution in [0.25, 0.3) is 0 Å². The van der Waals surface area contributed by atoms with Crippen molar-refractivity contribution < 1.29 is 26.3 Å². The summed E-state index contributed by atoms with van der Waals surface area (Å²) in [6.45, 7) is 0. The van der Waals surface area contributed by atoms with Crippen LogP contribution < -0.4 is 0 Å². The third-order valence-corrected chi connectivity index (χ3v) is 1.42. The summed E-state index contributed by atoms with van der Waals surface area (Å²) < 4.78 is 72.2. The normalized spacial score (nSPS) is 12.2. The number of alkyl halides is 5. The van der Waals surface area contributed by atoms with Gasteiger partial charge >= 0.3 is 6.18 Å². The molecule has 0 radical (unpaired) electrons. The van der Waals surface area contributed by atoms with E-state index in [1.54, 1.807) is 0 Å². The summed E-state index contributed by atoms with van der Waals surface area (Å²) in [5, 5.41) is 0. The lowest BCUT2D eigenvalue weighted by Crippen LogP contribution is -2.10. The molecule has 0 fully saturated rings. The molecule has 1 heterocycles. The molecule has 1 rings (SSSR count). The number of hydrogen-bond donors (Lipinski definition) is 0. The smallest absolute Gasteiger partial charge is 0.227 e. The maximum Gasteiger partial charge on any atom is 0.420 e. The monoisotopic (exact) mass is 215 g/mol. The fraction of sp³-hybridized carbons (Fsp3) is 0.286. The van der Waals surface area contributed by atoms with Crippen LogP contribution in [-0.2, 0) is 6.18 Å². The molecule has 14 heavy (non-hydrogen) atoms. The second-order valence-electron chi connectivity index (χ2n) is 2.41. The van der Waals surface area contributed by atoms with Crippen LogP contribution in [0.4, 0.5) is 26.3 Å². The molecule has 0 atom stereocenters.